The second-order valence-corrected chi connectivity index (χ2v) is 6.67. The van der Waals surface area contributed by atoms with E-state index < -0.39 is 5.97 Å². The molecule has 3 rings (SSSR count). The summed E-state index contributed by atoms with van der Waals surface area (Å²) in [6.45, 7) is 1.62. The van der Waals surface area contributed by atoms with E-state index in [1.165, 1.54) is 19.0 Å². The van der Waals surface area contributed by atoms with E-state index in [9.17, 15) is 9.90 Å². The fourth-order valence-corrected chi connectivity index (χ4v) is 3.44. The second kappa shape index (κ2) is 8.76. The topological polar surface area (TPSA) is 75.5 Å². The number of hydrogen-bond donors (Lipinski definition) is 1. The lowest BCUT2D eigenvalue weighted by atomic mass is 9.88. The smallest absolute Gasteiger partial charge is 0.356 e. The van der Waals surface area contributed by atoms with Gasteiger partial charge in [0.15, 0.2) is 5.69 Å². The maximum absolute atomic E-state index is 11.6. The molecule has 138 valence electrons. The van der Waals surface area contributed by atoms with Crippen LogP contribution >= 0.6 is 0 Å². The molecule has 1 aliphatic heterocycles. The molecule has 1 saturated heterocycles. The third-order valence-corrected chi connectivity index (χ3v) is 5.03. The molecule has 26 heavy (non-hydrogen) atoms. The molecule has 0 saturated carbocycles. The van der Waals surface area contributed by atoms with E-state index in [4.69, 9.17) is 4.74 Å². The first-order chi connectivity index (χ1) is 12.7. The minimum Gasteiger partial charge on any atom is -0.464 e. The highest BCUT2D eigenvalue weighted by Gasteiger charge is 2.26. The van der Waals surface area contributed by atoms with Gasteiger partial charge < -0.3 is 14.7 Å². The molecule has 1 aromatic heterocycles. The van der Waals surface area contributed by atoms with Crippen molar-refractivity contribution in [3.8, 4) is 0 Å². The van der Waals surface area contributed by atoms with Gasteiger partial charge in [-0.1, -0.05) is 30.3 Å². The molecule has 0 aliphatic carbocycles. The number of nitrogens with zero attached hydrogens (tertiary/aromatic N) is 3. The number of aryl methyl sites for hydroxylation is 1. The normalized spacial score (nSPS) is 16.3. The van der Waals surface area contributed by atoms with Crippen LogP contribution in [-0.2, 0) is 11.2 Å². The molecule has 1 fully saturated rings. The molecule has 1 aliphatic rings. The summed E-state index contributed by atoms with van der Waals surface area (Å²) in [6.07, 6.45) is 4.61. The summed E-state index contributed by atoms with van der Waals surface area (Å²) in [5.74, 6) is 0.578. The van der Waals surface area contributed by atoms with Crippen LogP contribution in [0.1, 0.15) is 35.3 Å². The number of aromatic nitrogens is 2. The number of aliphatic hydroxyl groups is 1. The summed E-state index contributed by atoms with van der Waals surface area (Å²) >= 11 is 0. The van der Waals surface area contributed by atoms with Crippen molar-refractivity contribution in [3.05, 3.63) is 54.0 Å². The Bertz CT molecular complexity index is 715. The molecule has 0 unspecified atom stereocenters. The molecule has 1 N–H and O–H groups in total. The molecule has 2 heterocycles. The minimum atomic E-state index is -0.458. The molecule has 1 atom stereocenters. The molecule has 0 bridgehead atoms. The van der Waals surface area contributed by atoms with Crippen LogP contribution in [-0.4, -0.2) is 47.3 Å². The molecule has 0 spiro atoms. The third kappa shape index (κ3) is 4.58. The van der Waals surface area contributed by atoms with Gasteiger partial charge in [0.2, 0.25) is 0 Å². The van der Waals surface area contributed by atoms with Crippen LogP contribution in [0.4, 0.5) is 5.82 Å². The highest BCUT2D eigenvalue weighted by Crippen LogP contribution is 2.26. The molecular weight excluding hydrogens is 330 g/mol. The number of carbonyl (C=O) groups is 1. The van der Waals surface area contributed by atoms with E-state index >= 15 is 0 Å². The number of carbonyl (C=O) groups excluding carboxylic acids is 1. The number of ether oxygens (including phenoxy) is 1. The quantitative estimate of drug-likeness (QED) is 0.803. The van der Waals surface area contributed by atoms with E-state index in [1.54, 1.807) is 6.07 Å². The standard InChI is InChI=1S/C20H25N3O3/c1-26-20(25)17-13-19(22-14-21-17)23-11-9-16(10-12-23)18(24)8-7-15-5-3-2-4-6-15/h2-6,13-14,16,18,24H,7-12H2,1H3/t18-/m1/s1. The zero-order valence-electron chi connectivity index (χ0n) is 15.0. The molecule has 0 radical (unpaired) electrons. The molecular formula is C20H25N3O3. The van der Waals surface area contributed by atoms with Gasteiger partial charge in [-0.15, -0.1) is 0 Å². The number of benzene rings is 1. The number of aliphatic hydroxyl groups excluding tert-OH is 1. The van der Waals surface area contributed by atoms with E-state index in [0.717, 1.165) is 44.6 Å². The summed E-state index contributed by atoms with van der Waals surface area (Å²) < 4.78 is 4.71. The number of esters is 1. The van der Waals surface area contributed by atoms with Crippen molar-refractivity contribution in [2.75, 3.05) is 25.1 Å². The first-order valence-corrected chi connectivity index (χ1v) is 9.04. The summed E-state index contributed by atoms with van der Waals surface area (Å²) in [7, 11) is 1.34. The monoisotopic (exact) mass is 355 g/mol. The van der Waals surface area contributed by atoms with Crippen LogP contribution in [0.15, 0.2) is 42.7 Å². The number of rotatable bonds is 6. The van der Waals surface area contributed by atoms with Crippen LogP contribution in [0.5, 0.6) is 0 Å². The Balaban J connectivity index is 1.51. The Morgan fingerprint density at radius 1 is 1.27 bits per heavy atom. The summed E-state index contributed by atoms with van der Waals surface area (Å²) in [5, 5.41) is 10.5. The molecule has 6 heteroatoms. The average Bonchev–Trinajstić information content (AvgIpc) is 2.72. The highest BCUT2D eigenvalue weighted by molar-refractivity contribution is 5.87. The third-order valence-electron chi connectivity index (χ3n) is 5.03. The van der Waals surface area contributed by atoms with Gasteiger partial charge in [0.1, 0.15) is 12.1 Å². The zero-order chi connectivity index (χ0) is 18.4. The van der Waals surface area contributed by atoms with E-state index in [0.29, 0.717) is 5.92 Å². The van der Waals surface area contributed by atoms with E-state index in [-0.39, 0.29) is 11.8 Å². The predicted octanol–water partition coefficient (Wildman–Crippen LogP) is 2.47. The first kappa shape index (κ1) is 18.3. The number of anilines is 1. The van der Waals surface area contributed by atoms with Crippen molar-refractivity contribution in [1.29, 1.82) is 0 Å². The van der Waals surface area contributed by atoms with Crippen molar-refractivity contribution >= 4 is 11.8 Å². The molecule has 6 nitrogen and oxygen atoms in total. The Kier molecular flexibility index (Phi) is 6.17. The van der Waals surface area contributed by atoms with Crippen LogP contribution in [0.3, 0.4) is 0 Å². The van der Waals surface area contributed by atoms with E-state index in [2.05, 4.69) is 27.0 Å². The van der Waals surface area contributed by atoms with Crippen molar-refractivity contribution in [1.82, 2.24) is 9.97 Å². The predicted molar refractivity (Wildman–Crippen MR) is 99.1 cm³/mol. The highest BCUT2D eigenvalue weighted by atomic mass is 16.5. The van der Waals surface area contributed by atoms with Gasteiger partial charge in [-0.05, 0) is 37.2 Å². The summed E-state index contributed by atoms with van der Waals surface area (Å²) in [4.78, 5) is 22.0. The lowest BCUT2D eigenvalue weighted by Crippen LogP contribution is -2.38. The lowest BCUT2D eigenvalue weighted by molar-refractivity contribution is 0.0594. The largest absolute Gasteiger partial charge is 0.464 e. The lowest BCUT2D eigenvalue weighted by Gasteiger charge is -2.35. The van der Waals surface area contributed by atoms with Crippen LogP contribution in [0, 0.1) is 5.92 Å². The minimum absolute atomic E-state index is 0.266. The fourth-order valence-electron chi connectivity index (χ4n) is 3.44. The van der Waals surface area contributed by atoms with Gasteiger partial charge in [-0.25, -0.2) is 14.8 Å². The van der Waals surface area contributed by atoms with Crippen LogP contribution < -0.4 is 4.90 Å². The number of methoxy groups -OCH3 is 1. The Hall–Kier alpha value is -2.47. The maximum Gasteiger partial charge on any atom is 0.356 e. The van der Waals surface area contributed by atoms with Crippen LogP contribution in [0.2, 0.25) is 0 Å². The van der Waals surface area contributed by atoms with Gasteiger partial charge >= 0.3 is 5.97 Å². The van der Waals surface area contributed by atoms with Gasteiger partial charge in [0, 0.05) is 19.2 Å². The number of hydrogen-bond acceptors (Lipinski definition) is 6. The van der Waals surface area contributed by atoms with Crippen molar-refractivity contribution < 1.29 is 14.6 Å². The van der Waals surface area contributed by atoms with E-state index in [1.807, 2.05) is 18.2 Å². The summed E-state index contributed by atoms with van der Waals surface area (Å²) in [5.41, 5.74) is 1.53. The van der Waals surface area contributed by atoms with Gasteiger partial charge in [-0.2, -0.15) is 0 Å². The SMILES string of the molecule is COC(=O)c1cc(N2CCC([C@H](O)CCc3ccccc3)CC2)ncn1. The Morgan fingerprint density at radius 2 is 2.00 bits per heavy atom. The first-order valence-electron chi connectivity index (χ1n) is 9.04. The molecule has 0 amide bonds. The van der Waals surface area contributed by atoms with Crippen molar-refractivity contribution in [2.24, 2.45) is 5.92 Å². The second-order valence-electron chi connectivity index (χ2n) is 6.67. The average molecular weight is 355 g/mol. The van der Waals surface area contributed by atoms with Crippen LogP contribution in [0.25, 0.3) is 0 Å². The van der Waals surface area contributed by atoms with Gasteiger partial charge in [-0.3, -0.25) is 0 Å². The fraction of sp³-hybridized carbons (Fsp3) is 0.450. The zero-order valence-corrected chi connectivity index (χ0v) is 15.0. The Morgan fingerprint density at radius 3 is 2.69 bits per heavy atom. The summed E-state index contributed by atoms with van der Waals surface area (Å²) in [6, 6.07) is 11.9. The van der Waals surface area contributed by atoms with Gasteiger partial charge in [0.05, 0.1) is 13.2 Å². The molecule has 2 aromatic rings. The number of piperidine rings is 1. The molecule has 1 aromatic carbocycles. The van der Waals surface area contributed by atoms with Crippen molar-refractivity contribution in [3.63, 3.8) is 0 Å². The van der Waals surface area contributed by atoms with Gasteiger partial charge in [0.25, 0.3) is 0 Å². The van der Waals surface area contributed by atoms with Crippen molar-refractivity contribution in [2.45, 2.75) is 31.8 Å². The maximum atomic E-state index is 11.6. The Labute approximate surface area is 153 Å².